The molecule has 0 amide bonds. The van der Waals surface area contributed by atoms with Crippen molar-refractivity contribution in [3.05, 3.63) is 83.6 Å². The zero-order chi connectivity index (χ0) is 17.9. The van der Waals surface area contributed by atoms with Crippen molar-refractivity contribution in [2.24, 2.45) is 5.10 Å². The van der Waals surface area contributed by atoms with Crippen LogP contribution in [0.2, 0.25) is 0 Å². The van der Waals surface area contributed by atoms with Crippen LogP contribution in [-0.2, 0) is 0 Å². The summed E-state index contributed by atoms with van der Waals surface area (Å²) in [6, 6.07) is 23.0. The quantitative estimate of drug-likeness (QED) is 0.492. The summed E-state index contributed by atoms with van der Waals surface area (Å²) < 4.78 is 0. The van der Waals surface area contributed by atoms with Crippen molar-refractivity contribution >= 4 is 23.3 Å². The minimum absolute atomic E-state index is 0.135. The Hall–Kier alpha value is -2.66. The number of hydrogen-bond donors (Lipinski definition) is 0. The summed E-state index contributed by atoms with van der Waals surface area (Å²) >= 11 is 1.55. The average molecular weight is 360 g/mol. The van der Waals surface area contributed by atoms with E-state index in [1.807, 2.05) is 36.4 Å². The zero-order valence-corrected chi connectivity index (χ0v) is 15.6. The fourth-order valence-corrected chi connectivity index (χ4v) is 3.62. The van der Waals surface area contributed by atoms with E-state index in [4.69, 9.17) is 10.1 Å². The van der Waals surface area contributed by atoms with E-state index in [1.165, 1.54) is 5.56 Å². The summed E-state index contributed by atoms with van der Waals surface area (Å²) in [5.41, 5.74) is 4.44. The van der Waals surface area contributed by atoms with Gasteiger partial charge in [-0.2, -0.15) is 5.10 Å². The van der Waals surface area contributed by atoms with Gasteiger partial charge in [-0.1, -0.05) is 72.4 Å². The Morgan fingerprint density at radius 1 is 0.962 bits per heavy atom. The molecule has 0 radical (unpaired) electrons. The molecule has 0 saturated heterocycles. The van der Waals surface area contributed by atoms with Crippen LogP contribution in [0.4, 0.5) is 5.82 Å². The Bertz CT molecular complexity index is 925. The predicted octanol–water partition coefficient (Wildman–Crippen LogP) is 4.86. The molecular weight excluding hydrogens is 340 g/mol. The van der Waals surface area contributed by atoms with E-state index in [0.29, 0.717) is 0 Å². The van der Waals surface area contributed by atoms with Crippen LogP contribution >= 0.6 is 11.8 Å². The van der Waals surface area contributed by atoms with Gasteiger partial charge in [-0.25, -0.2) is 15.0 Å². The van der Waals surface area contributed by atoms with Crippen LogP contribution in [0.3, 0.4) is 0 Å². The summed E-state index contributed by atoms with van der Waals surface area (Å²) in [6.45, 7) is 2.00. The molecule has 0 saturated carbocycles. The molecule has 0 aliphatic carbocycles. The monoisotopic (exact) mass is 360 g/mol. The zero-order valence-electron chi connectivity index (χ0n) is 14.8. The molecule has 1 aromatic heterocycles. The number of aromatic nitrogens is 2. The third-order valence-electron chi connectivity index (χ3n) is 4.44. The number of rotatable bonds is 4. The third-order valence-corrected chi connectivity index (χ3v) is 4.99. The number of hydrazone groups is 1. The number of anilines is 1. The van der Waals surface area contributed by atoms with Gasteiger partial charge < -0.3 is 0 Å². The van der Waals surface area contributed by atoms with E-state index >= 15 is 0 Å². The Morgan fingerprint density at radius 2 is 1.65 bits per heavy atom. The van der Waals surface area contributed by atoms with E-state index < -0.39 is 0 Å². The van der Waals surface area contributed by atoms with Crippen LogP contribution in [-0.4, -0.2) is 21.9 Å². The molecule has 3 aromatic rings. The van der Waals surface area contributed by atoms with E-state index in [9.17, 15) is 0 Å². The minimum Gasteiger partial charge on any atom is -0.239 e. The maximum Gasteiger partial charge on any atom is 0.189 e. The van der Waals surface area contributed by atoms with Gasteiger partial charge in [0.2, 0.25) is 0 Å². The molecule has 26 heavy (non-hydrogen) atoms. The van der Waals surface area contributed by atoms with E-state index in [1.54, 1.807) is 11.8 Å². The normalized spacial score (nSPS) is 16.6. The SMILES string of the molecule is CSc1nc(C)cc(N2N=C(c3ccccc3)CC2c2ccccc2)n1. The second-order valence-electron chi connectivity index (χ2n) is 6.24. The number of hydrogen-bond acceptors (Lipinski definition) is 5. The fourth-order valence-electron chi connectivity index (χ4n) is 3.20. The van der Waals surface area contributed by atoms with Crippen molar-refractivity contribution < 1.29 is 0 Å². The summed E-state index contributed by atoms with van der Waals surface area (Å²) in [7, 11) is 0. The number of benzene rings is 2. The van der Waals surface area contributed by atoms with Crippen LogP contribution in [0.15, 0.2) is 77.0 Å². The van der Waals surface area contributed by atoms with Gasteiger partial charge in [-0.05, 0) is 24.3 Å². The maximum absolute atomic E-state index is 4.95. The summed E-state index contributed by atoms with van der Waals surface area (Å²) in [5, 5.41) is 7.77. The van der Waals surface area contributed by atoms with Crippen molar-refractivity contribution in [3.8, 4) is 0 Å². The molecule has 1 aliphatic rings. The lowest BCUT2D eigenvalue weighted by molar-refractivity contribution is 0.689. The van der Waals surface area contributed by atoms with Crippen LogP contribution < -0.4 is 5.01 Å². The lowest BCUT2D eigenvalue weighted by Gasteiger charge is -2.23. The highest BCUT2D eigenvalue weighted by Crippen LogP contribution is 2.36. The fraction of sp³-hybridized carbons (Fsp3) is 0.190. The molecule has 1 aliphatic heterocycles. The molecule has 4 rings (SSSR count). The topological polar surface area (TPSA) is 41.4 Å². The first-order chi connectivity index (χ1) is 12.7. The molecule has 0 N–H and O–H groups in total. The van der Waals surface area contributed by atoms with Gasteiger partial charge in [0, 0.05) is 18.2 Å². The van der Waals surface area contributed by atoms with Crippen molar-refractivity contribution in [2.45, 2.75) is 24.5 Å². The second-order valence-corrected chi connectivity index (χ2v) is 7.02. The van der Waals surface area contributed by atoms with E-state index in [2.05, 4.69) is 53.5 Å². The van der Waals surface area contributed by atoms with E-state index in [-0.39, 0.29) is 6.04 Å². The van der Waals surface area contributed by atoms with Crippen LogP contribution in [0.1, 0.15) is 29.3 Å². The first kappa shape index (κ1) is 16.8. The molecule has 2 heterocycles. The maximum atomic E-state index is 4.95. The van der Waals surface area contributed by atoms with Gasteiger partial charge in [-0.15, -0.1) is 0 Å². The van der Waals surface area contributed by atoms with Gasteiger partial charge in [0.25, 0.3) is 0 Å². The van der Waals surface area contributed by atoms with Gasteiger partial charge >= 0.3 is 0 Å². The number of thioether (sulfide) groups is 1. The van der Waals surface area contributed by atoms with Gasteiger partial charge in [0.15, 0.2) is 11.0 Å². The first-order valence-corrected chi connectivity index (χ1v) is 9.84. The third kappa shape index (κ3) is 3.35. The second kappa shape index (κ2) is 7.30. The predicted molar refractivity (Wildman–Crippen MR) is 108 cm³/mol. The van der Waals surface area contributed by atoms with Gasteiger partial charge in [0.05, 0.1) is 11.8 Å². The Labute approximate surface area is 158 Å². The Morgan fingerprint density at radius 3 is 2.35 bits per heavy atom. The summed E-state index contributed by atoms with van der Waals surface area (Å²) in [5.74, 6) is 0.849. The number of nitrogens with zero attached hydrogens (tertiary/aromatic N) is 4. The molecule has 4 nitrogen and oxygen atoms in total. The Kier molecular flexibility index (Phi) is 4.71. The molecule has 130 valence electrons. The van der Waals surface area contributed by atoms with Crippen LogP contribution in [0, 0.1) is 6.92 Å². The van der Waals surface area contributed by atoms with Crippen LogP contribution in [0.25, 0.3) is 0 Å². The van der Waals surface area contributed by atoms with Crippen LogP contribution in [0.5, 0.6) is 0 Å². The highest BCUT2D eigenvalue weighted by molar-refractivity contribution is 7.98. The molecule has 0 spiro atoms. The smallest absolute Gasteiger partial charge is 0.189 e. The lowest BCUT2D eigenvalue weighted by Crippen LogP contribution is -2.20. The largest absolute Gasteiger partial charge is 0.239 e. The minimum atomic E-state index is 0.135. The van der Waals surface area contributed by atoms with Crippen molar-refractivity contribution in [1.82, 2.24) is 9.97 Å². The molecule has 2 aromatic carbocycles. The van der Waals surface area contributed by atoms with E-state index in [0.717, 1.165) is 34.4 Å². The van der Waals surface area contributed by atoms with Crippen molar-refractivity contribution in [2.75, 3.05) is 11.3 Å². The highest BCUT2D eigenvalue weighted by atomic mass is 32.2. The summed E-state index contributed by atoms with van der Waals surface area (Å²) in [6.07, 6.45) is 2.85. The van der Waals surface area contributed by atoms with Gasteiger partial charge in [0.1, 0.15) is 0 Å². The van der Waals surface area contributed by atoms with Gasteiger partial charge in [-0.3, -0.25) is 0 Å². The molecule has 1 atom stereocenters. The molecule has 0 bridgehead atoms. The molecule has 5 heteroatoms. The molecule has 0 fully saturated rings. The standard InChI is InChI=1S/C21H20N4S/c1-15-13-20(23-21(22-15)26-2)25-19(17-11-7-4-8-12-17)14-18(24-25)16-9-5-3-6-10-16/h3-13,19H,14H2,1-2H3. The van der Waals surface area contributed by atoms with Crippen molar-refractivity contribution in [3.63, 3.8) is 0 Å². The number of aryl methyl sites for hydroxylation is 1. The molecule has 1 unspecified atom stereocenters. The highest BCUT2D eigenvalue weighted by Gasteiger charge is 2.31. The van der Waals surface area contributed by atoms with Crippen molar-refractivity contribution in [1.29, 1.82) is 0 Å². The average Bonchev–Trinajstić information content (AvgIpc) is 3.14. The Balaban J connectivity index is 1.79. The summed E-state index contributed by atoms with van der Waals surface area (Å²) in [4.78, 5) is 9.18. The molecular formula is C21H20N4S. The first-order valence-electron chi connectivity index (χ1n) is 8.61. The lowest BCUT2D eigenvalue weighted by atomic mass is 9.98.